The van der Waals surface area contributed by atoms with Gasteiger partial charge >= 0.3 is 0 Å². The highest BCUT2D eigenvalue weighted by molar-refractivity contribution is 7.98. The Morgan fingerprint density at radius 1 is 1.29 bits per heavy atom. The maximum Gasteiger partial charge on any atom is 0.259 e. The molecule has 0 fully saturated rings. The predicted octanol–water partition coefficient (Wildman–Crippen LogP) is 4.67. The Kier molecular flexibility index (Phi) is 5.82. The van der Waals surface area contributed by atoms with Crippen LogP contribution in [0.1, 0.15) is 48.9 Å². The van der Waals surface area contributed by atoms with Gasteiger partial charge in [0.15, 0.2) is 4.96 Å². The van der Waals surface area contributed by atoms with Crippen LogP contribution in [0, 0.1) is 0 Å². The molecule has 0 unspecified atom stereocenters. The van der Waals surface area contributed by atoms with E-state index >= 15 is 0 Å². The maximum absolute atomic E-state index is 12.7. The van der Waals surface area contributed by atoms with E-state index in [0.29, 0.717) is 12.2 Å². The highest BCUT2D eigenvalue weighted by Crippen LogP contribution is 2.31. The lowest BCUT2D eigenvalue weighted by atomic mass is 10.0. The van der Waals surface area contributed by atoms with Gasteiger partial charge in [-0.1, -0.05) is 19.1 Å². The Hall–Kier alpha value is -2.12. The Labute approximate surface area is 172 Å². The lowest BCUT2D eigenvalue weighted by Crippen LogP contribution is -2.17. The molecule has 2 aromatic heterocycles. The number of carbonyl (C=O) groups excluding carboxylic acids is 1. The molecule has 1 aromatic carbocycles. The molecule has 2 heterocycles. The van der Waals surface area contributed by atoms with E-state index in [1.807, 2.05) is 31.2 Å². The van der Waals surface area contributed by atoms with Crippen LogP contribution >= 0.6 is 23.1 Å². The number of rotatable bonds is 6. The van der Waals surface area contributed by atoms with E-state index in [4.69, 9.17) is 4.98 Å². The largest absolute Gasteiger partial charge is 0.325 e. The number of thiazole rings is 1. The molecule has 3 aromatic rings. The Morgan fingerprint density at radius 2 is 2.11 bits per heavy atom. The summed E-state index contributed by atoms with van der Waals surface area (Å²) in [6.07, 6.45) is 5.69. The average Bonchev–Trinajstić information content (AvgIpc) is 3.06. The van der Waals surface area contributed by atoms with Crippen molar-refractivity contribution in [2.75, 3.05) is 5.32 Å². The summed E-state index contributed by atoms with van der Waals surface area (Å²) >= 11 is 3.24. The maximum atomic E-state index is 12.7. The number of thioether (sulfide) groups is 1. The number of aryl methyl sites for hydroxylation is 2. The molecule has 0 radical (unpaired) electrons. The smallest absolute Gasteiger partial charge is 0.259 e. The highest BCUT2D eigenvalue weighted by atomic mass is 32.2. The number of hydrogen-bond acceptors (Lipinski definition) is 5. The first kappa shape index (κ1) is 19.2. The zero-order valence-corrected chi connectivity index (χ0v) is 17.5. The van der Waals surface area contributed by atoms with Crippen LogP contribution in [0.3, 0.4) is 0 Å². The van der Waals surface area contributed by atoms with E-state index in [1.165, 1.54) is 11.3 Å². The lowest BCUT2D eigenvalue weighted by Gasteiger charge is -2.11. The van der Waals surface area contributed by atoms with E-state index in [9.17, 15) is 9.59 Å². The summed E-state index contributed by atoms with van der Waals surface area (Å²) in [5, 5.41) is 2.98. The molecule has 0 bridgehead atoms. The number of nitrogens with one attached hydrogen (secondary N) is 1. The van der Waals surface area contributed by atoms with Gasteiger partial charge in [0.2, 0.25) is 5.91 Å². The topological polar surface area (TPSA) is 63.5 Å². The molecule has 1 aliphatic carbocycles. The zero-order chi connectivity index (χ0) is 19.5. The molecule has 1 aliphatic rings. The number of carbonyl (C=O) groups is 1. The second-order valence-corrected chi connectivity index (χ2v) is 9.04. The number of amides is 1. The van der Waals surface area contributed by atoms with Gasteiger partial charge in [0.25, 0.3) is 5.56 Å². The van der Waals surface area contributed by atoms with Crippen LogP contribution in [0.25, 0.3) is 4.96 Å². The zero-order valence-electron chi connectivity index (χ0n) is 15.9. The van der Waals surface area contributed by atoms with Gasteiger partial charge < -0.3 is 5.32 Å². The van der Waals surface area contributed by atoms with Crippen molar-refractivity contribution in [1.82, 2.24) is 9.38 Å². The monoisotopic (exact) mass is 413 g/mol. The van der Waals surface area contributed by atoms with Crippen molar-refractivity contribution in [3.8, 4) is 0 Å². The minimum Gasteiger partial charge on any atom is -0.325 e. The van der Waals surface area contributed by atoms with E-state index in [2.05, 4.69) is 5.32 Å². The van der Waals surface area contributed by atoms with Gasteiger partial charge in [0.1, 0.15) is 0 Å². The van der Waals surface area contributed by atoms with Crippen LogP contribution in [0.15, 0.2) is 40.0 Å². The molecule has 0 spiro atoms. The molecule has 0 saturated heterocycles. The van der Waals surface area contributed by atoms with E-state index in [-0.39, 0.29) is 11.5 Å². The van der Waals surface area contributed by atoms with Crippen molar-refractivity contribution in [2.24, 2.45) is 0 Å². The first-order valence-electron chi connectivity index (χ1n) is 9.70. The third-order valence-corrected chi connectivity index (χ3v) is 7.08. The summed E-state index contributed by atoms with van der Waals surface area (Å²) in [5.74, 6) is 0.618. The fourth-order valence-electron chi connectivity index (χ4n) is 3.50. The summed E-state index contributed by atoms with van der Waals surface area (Å²) < 4.78 is 1.80. The normalized spacial score (nSPS) is 13.5. The Balaban J connectivity index is 1.55. The fourth-order valence-corrected chi connectivity index (χ4v) is 5.64. The second-order valence-electron chi connectivity index (χ2n) is 6.97. The van der Waals surface area contributed by atoms with Crippen molar-refractivity contribution < 1.29 is 4.79 Å². The van der Waals surface area contributed by atoms with Crippen LogP contribution < -0.4 is 10.9 Å². The van der Waals surface area contributed by atoms with Crippen molar-refractivity contribution in [2.45, 2.75) is 56.1 Å². The van der Waals surface area contributed by atoms with Gasteiger partial charge in [0.05, 0.1) is 11.4 Å². The third-order valence-electron chi connectivity index (χ3n) is 4.83. The van der Waals surface area contributed by atoms with Crippen molar-refractivity contribution >= 4 is 39.7 Å². The van der Waals surface area contributed by atoms with Crippen LogP contribution in [0.4, 0.5) is 5.69 Å². The van der Waals surface area contributed by atoms with Gasteiger partial charge in [-0.25, -0.2) is 4.98 Å². The number of anilines is 1. The number of benzene rings is 1. The van der Waals surface area contributed by atoms with Crippen LogP contribution in [-0.2, 0) is 23.4 Å². The molecule has 5 nitrogen and oxygen atoms in total. The molecule has 146 valence electrons. The van der Waals surface area contributed by atoms with E-state index in [1.54, 1.807) is 33.6 Å². The summed E-state index contributed by atoms with van der Waals surface area (Å²) in [7, 11) is 0. The summed E-state index contributed by atoms with van der Waals surface area (Å²) in [5.41, 5.74) is 2.77. The second kappa shape index (κ2) is 8.49. The number of aromatic nitrogens is 2. The molecule has 28 heavy (non-hydrogen) atoms. The lowest BCUT2D eigenvalue weighted by molar-refractivity contribution is -0.116. The van der Waals surface area contributed by atoms with Gasteiger partial charge in [-0.3, -0.25) is 14.0 Å². The number of hydrogen-bond donors (Lipinski definition) is 1. The molecular formula is C21H23N3O2S2. The minimum absolute atomic E-state index is 0.0181. The molecule has 1 amide bonds. The predicted molar refractivity (Wildman–Crippen MR) is 116 cm³/mol. The third kappa shape index (κ3) is 4.00. The van der Waals surface area contributed by atoms with Crippen molar-refractivity contribution in [3.05, 3.63) is 57.0 Å². The molecule has 1 N–H and O–H groups in total. The number of fused-ring (bicyclic) bond motifs is 3. The minimum atomic E-state index is 0.0181. The molecule has 0 atom stereocenters. The Morgan fingerprint density at radius 3 is 2.96 bits per heavy atom. The molecule has 4 rings (SSSR count). The molecule has 0 saturated carbocycles. The Bertz CT molecular complexity index is 1070. The van der Waals surface area contributed by atoms with Gasteiger partial charge in [-0.2, -0.15) is 0 Å². The fraction of sp³-hybridized carbons (Fsp3) is 0.381. The summed E-state index contributed by atoms with van der Waals surface area (Å²) in [6, 6.07) is 9.42. The van der Waals surface area contributed by atoms with Crippen LogP contribution in [0.5, 0.6) is 0 Å². The molecule has 0 aliphatic heterocycles. The SMILES string of the molecule is CCCC(=O)Nc1ccccc1SCc1cc(=O)n2c3c(sc2n1)CCCC3. The number of para-hydroxylation sites is 1. The quantitative estimate of drug-likeness (QED) is 0.597. The van der Waals surface area contributed by atoms with Gasteiger partial charge in [-0.15, -0.1) is 23.1 Å². The van der Waals surface area contributed by atoms with Crippen molar-refractivity contribution in [3.63, 3.8) is 0 Å². The first-order chi connectivity index (χ1) is 13.7. The van der Waals surface area contributed by atoms with Crippen LogP contribution in [-0.4, -0.2) is 15.3 Å². The standard InChI is InChI=1S/C21H23N3O2S2/c1-2-7-19(25)23-15-8-3-5-10-17(15)27-13-14-12-20(26)24-16-9-4-6-11-18(16)28-21(24)22-14/h3,5,8,10,12H,2,4,6-7,9,11,13H2,1H3,(H,23,25). The first-order valence-corrected chi connectivity index (χ1v) is 11.5. The molecule has 7 heteroatoms. The van der Waals surface area contributed by atoms with Gasteiger partial charge in [0, 0.05) is 33.7 Å². The summed E-state index contributed by atoms with van der Waals surface area (Å²) in [6.45, 7) is 1.99. The highest BCUT2D eigenvalue weighted by Gasteiger charge is 2.18. The van der Waals surface area contributed by atoms with Crippen molar-refractivity contribution in [1.29, 1.82) is 0 Å². The van der Waals surface area contributed by atoms with E-state index in [0.717, 1.165) is 52.6 Å². The number of nitrogens with zero attached hydrogens (tertiary/aromatic N) is 2. The van der Waals surface area contributed by atoms with Gasteiger partial charge in [-0.05, 0) is 44.2 Å². The van der Waals surface area contributed by atoms with E-state index < -0.39 is 0 Å². The average molecular weight is 414 g/mol. The van der Waals surface area contributed by atoms with Crippen LogP contribution in [0.2, 0.25) is 0 Å². The molecular weight excluding hydrogens is 390 g/mol. The summed E-state index contributed by atoms with van der Waals surface area (Å²) in [4.78, 5) is 32.5.